The van der Waals surface area contributed by atoms with Crippen LogP contribution in [0.3, 0.4) is 0 Å². The van der Waals surface area contributed by atoms with Crippen LogP contribution < -0.4 is 15.8 Å². The van der Waals surface area contributed by atoms with Gasteiger partial charge in [-0.3, -0.25) is 0 Å². The van der Waals surface area contributed by atoms with Crippen LogP contribution in [0.5, 0.6) is 5.75 Å². The molecule has 0 bridgehead atoms. The van der Waals surface area contributed by atoms with Crippen molar-refractivity contribution >= 4 is 40.5 Å². The summed E-state index contributed by atoms with van der Waals surface area (Å²) in [6, 6.07) is 13.8. The van der Waals surface area contributed by atoms with E-state index in [1.165, 1.54) is 0 Å². The predicted molar refractivity (Wildman–Crippen MR) is 87.9 cm³/mol. The highest BCUT2D eigenvalue weighted by Gasteiger charge is 2.05. The van der Waals surface area contributed by atoms with Gasteiger partial charge in [0.1, 0.15) is 17.3 Å². The summed E-state index contributed by atoms with van der Waals surface area (Å²) < 4.78 is 5.18. The van der Waals surface area contributed by atoms with Gasteiger partial charge in [0.2, 0.25) is 0 Å². The van der Waals surface area contributed by atoms with Crippen LogP contribution in [0.1, 0.15) is 5.56 Å². The third-order valence-electron chi connectivity index (χ3n) is 2.65. The first-order chi connectivity index (χ1) is 10.0. The Hall–Kier alpha value is -2.11. The van der Waals surface area contributed by atoms with Crippen LogP contribution in [-0.2, 0) is 4.79 Å². The fourth-order valence-electron chi connectivity index (χ4n) is 1.60. The molecule has 2 aromatic rings. The molecule has 3 N–H and O–H groups in total. The summed E-state index contributed by atoms with van der Waals surface area (Å²) in [6.45, 7) is 0.0543. The minimum absolute atomic E-state index is 0.0543. The van der Waals surface area contributed by atoms with Crippen LogP contribution in [-0.4, -0.2) is 17.5 Å². The van der Waals surface area contributed by atoms with Crippen LogP contribution in [0.15, 0.2) is 48.5 Å². The van der Waals surface area contributed by atoms with Crippen molar-refractivity contribution in [3.8, 4) is 5.75 Å². The molecule has 6 heteroatoms. The first-order valence-corrected chi connectivity index (χ1v) is 6.93. The lowest BCUT2D eigenvalue weighted by molar-refractivity contribution is -0.132. The number of ether oxygens (including phenoxy) is 1. The van der Waals surface area contributed by atoms with E-state index < -0.39 is 5.97 Å². The van der Waals surface area contributed by atoms with Crippen molar-refractivity contribution in [3.05, 3.63) is 59.1 Å². The third-order valence-corrected chi connectivity index (χ3v) is 3.14. The highest BCUT2D eigenvalue weighted by atomic mass is 35.5. The summed E-state index contributed by atoms with van der Waals surface area (Å²) in [5.74, 6) is 0.0472. The molecule has 21 heavy (non-hydrogen) atoms. The number of esters is 1. The first-order valence-electron chi connectivity index (χ1n) is 6.14. The Morgan fingerprint density at radius 3 is 2.33 bits per heavy atom. The molecule has 0 aliphatic carbocycles. The molecule has 0 aliphatic rings. The molecule has 0 unspecified atom stereocenters. The maximum Gasteiger partial charge on any atom is 0.330 e. The molecule has 0 radical (unpaired) electrons. The zero-order chi connectivity index (χ0) is 15.2. The van der Waals surface area contributed by atoms with Crippen LogP contribution in [0, 0.1) is 0 Å². The van der Waals surface area contributed by atoms with Gasteiger partial charge < -0.3 is 15.8 Å². The second-order valence-corrected chi connectivity index (χ2v) is 5.10. The number of anilines is 1. The summed E-state index contributed by atoms with van der Waals surface area (Å²) in [5.41, 5.74) is 7.01. The zero-order valence-electron chi connectivity index (χ0n) is 11.0. The van der Waals surface area contributed by atoms with E-state index in [0.717, 1.165) is 11.3 Å². The number of carbonyl (C=O) groups is 1. The topological polar surface area (TPSA) is 64.3 Å². The minimum Gasteiger partial charge on any atom is -0.425 e. The summed E-state index contributed by atoms with van der Waals surface area (Å²) in [4.78, 5) is 12.0. The van der Waals surface area contributed by atoms with Crippen molar-refractivity contribution in [1.29, 1.82) is 0 Å². The number of carbonyl (C=O) groups excluding carboxylic acids is 1. The number of nitrogens with two attached hydrogens (primary N) is 1. The molecule has 0 aromatic heterocycles. The largest absolute Gasteiger partial charge is 0.425 e. The average Bonchev–Trinajstić information content (AvgIpc) is 2.47. The van der Waals surface area contributed by atoms with Crippen LogP contribution in [0.2, 0.25) is 5.02 Å². The Morgan fingerprint density at radius 1 is 1.14 bits per heavy atom. The molecule has 108 valence electrons. The smallest absolute Gasteiger partial charge is 0.330 e. The van der Waals surface area contributed by atoms with Crippen molar-refractivity contribution in [2.45, 2.75) is 0 Å². The summed E-state index contributed by atoms with van der Waals surface area (Å²) in [6.07, 6.45) is 0. The van der Waals surface area contributed by atoms with Gasteiger partial charge in [-0.2, -0.15) is 0 Å². The quantitative estimate of drug-likeness (QED) is 0.504. The molecule has 0 amide bonds. The van der Waals surface area contributed by atoms with E-state index in [0.29, 0.717) is 15.8 Å². The van der Waals surface area contributed by atoms with E-state index in [1.807, 2.05) is 0 Å². The maximum absolute atomic E-state index is 11.7. The van der Waals surface area contributed by atoms with Gasteiger partial charge in [-0.05, 0) is 48.5 Å². The Morgan fingerprint density at radius 2 is 1.76 bits per heavy atom. The number of rotatable bonds is 5. The number of hydrogen-bond acceptors (Lipinski definition) is 4. The Labute approximate surface area is 132 Å². The van der Waals surface area contributed by atoms with E-state index in [-0.39, 0.29) is 6.54 Å². The number of hydrogen-bond donors (Lipinski definition) is 2. The van der Waals surface area contributed by atoms with Crippen LogP contribution >= 0.6 is 23.8 Å². The predicted octanol–water partition coefficient (Wildman–Crippen LogP) is 2.99. The van der Waals surface area contributed by atoms with Gasteiger partial charge in [0.05, 0.1) is 0 Å². The fraction of sp³-hybridized carbons (Fsp3) is 0.0667. The molecule has 0 spiro atoms. The van der Waals surface area contributed by atoms with Crippen LogP contribution in [0.25, 0.3) is 0 Å². The van der Waals surface area contributed by atoms with Crippen LogP contribution in [0.4, 0.5) is 5.69 Å². The fourth-order valence-corrected chi connectivity index (χ4v) is 1.86. The molecule has 4 nitrogen and oxygen atoms in total. The van der Waals surface area contributed by atoms with Gasteiger partial charge in [0.25, 0.3) is 0 Å². The highest BCUT2D eigenvalue weighted by Crippen LogP contribution is 2.14. The van der Waals surface area contributed by atoms with Gasteiger partial charge in [0.15, 0.2) is 0 Å². The number of halogens is 1. The SMILES string of the molecule is NC(=S)c1ccc(OC(=O)CNc2ccc(Cl)cc2)cc1. The van der Waals surface area contributed by atoms with E-state index in [1.54, 1.807) is 48.5 Å². The highest BCUT2D eigenvalue weighted by molar-refractivity contribution is 7.80. The van der Waals surface area contributed by atoms with Crippen molar-refractivity contribution < 1.29 is 9.53 Å². The number of benzene rings is 2. The van der Waals surface area contributed by atoms with E-state index in [2.05, 4.69) is 5.32 Å². The second-order valence-electron chi connectivity index (χ2n) is 4.22. The molecule has 0 saturated heterocycles. The molecular weight excluding hydrogens is 308 g/mol. The Kier molecular flexibility index (Phi) is 5.14. The lowest BCUT2D eigenvalue weighted by Crippen LogP contribution is -2.19. The third kappa shape index (κ3) is 4.73. The van der Waals surface area contributed by atoms with Crippen molar-refractivity contribution in [1.82, 2.24) is 0 Å². The van der Waals surface area contributed by atoms with Crippen molar-refractivity contribution in [3.63, 3.8) is 0 Å². The molecule has 0 fully saturated rings. The standard InChI is InChI=1S/C15H13ClN2O2S/c16-11-3-5-12(6-4-11)18-9-14(19)20-13-7-1-10(2-8-13)15(17)21/h1-8,18H,9H2,(H2,17,21). The van der Waals surface area contributed by atoms with Gasteiger partial charge in [-0.25, -0.2) is 4.79 Å². The first kappa shape index (κ1) is 15.3. The Bertz CT molecular complexity index is 642. The monoisotopic (exact) mass is 320 g/mol. The molecule has 0 aliphatic heterocycles. The van der Waals surface area contributed by atoms with E-state index in [9.17, 15) is 4.79 Å². The van der Waals surface area contributed by atoms with Gasteiger partial charge in [-0.15, -0.1) is 0 Å². The molecular formula is C15H13ClN2O2S. The molecule has 2 rings (SSSR count). The van der Waals surface area contributed by atoms with Crippen molar-refractivity contribution in [2.75, 3.05) is 11.9 Å². The van der Waals surface area contributed by atoms with Gasteiger partial charge in [-0.1, -0.05) is 23.8 Å². The normalized spacial score (nSPS) is 9.95. The summed E-state index contributed by atoms with van der Waals surface area (Å²) >= 11 is 10.6. The summed E-state index contributed by atoms with van der Waals surface area (Å²) in [7, 11) is 0. The average molecular weight is 321 g/mol. The van der Waals surface area contributed by atoms with E-state index >= 15 is 0 Å². The van der Waals surface area contributed by atoms with E-state index in [4.69, 9.17) is 34.3 Å². The van der Waals surface area contributed by atoms with Crippen molar-refractivity contribution in [2.24, 2.45) is 5.73 Å². The van der Waals surface area contributed by atoms with Gasteiger partial charge in [0, 0.05) is 16.3 Å². The molecule has 0 saturated carbocycles. The number of thiocarbonyl (C=S) groups is 1. The maximum atomic E-state index is 11.7. The molecule has 0 atom stereocenters. The minimum atomic E-state index is -0.395. The lowest BCUT2D eigenvalue weighted by atomic mass is 10.2. The lowest BCUT2D eigenvalue weighted by Gasteiger charge is -2.07. The zero-order valence-corrected chi connectivity index (χ0v) is 12.6. The number of nitrogens with one attached hydrogen (secondary N) is 1. The molecule has 0 heterocycles. The Balaban J connectivity index is 1.86. The summed E-state index contributed by atoms with van der Waals surface area (Å²) in [5, 5.41) is 3.59. The molecule has 2 aromatic carbocycles. The van der Waals surface area contributed by atoms with Gasteiger partial charge >= 0.3 is 5.97 Å². The second kappa shape index (κ2) is 7.06.